The summed E-state index contributed by atoms with van der Waals surface area (Å²) >= 11 is 0. The third-order valence-corrected chi connectivity index (χ3v) is 3.25. The highest BCUT2D eigenvalue weighted by Gasteiger charge is 2.23. The molecule has 0 radical (unpaired) electrons. The fourth-order valence-electron chi connectivity index (χ4n) is 2.08. The van der Waals surface area contributed by atoms with Crippen molar-refractivity contribution in [2.75, 3.05) is 36.9 Å². The summed E-state index contributed by atoms with van der Waals surface area (Å²) in [4.78, 5) is 15.1. The second kappa shape index (κ2) is 6.49. The third-order valence-electron chi connectivity index (χ3n) is 3.25. The van der Waals surface area contributed by atoms with Crippen molar-refractivity contribution in [2.45, 2.75) is 32.2 Å². The van der Waals surface area contributed by atoms with Crippen LogP contribution in [-0.2, 0) is 0 Å². The van der Waals surface area contributed by atoms with E-state index in [-0.39, 0.29) is 0 Å². The van der Waals surface area contributed by atoms with Gasteiger partial charge in [0.15, 0.2) is 0 Å². The highest BCUT2D eigenvalue weighted by atomic mass is 15.3. The molecule has 0 amide bonds. The molecule has 2 heterocycles. The van der Waals surface area contributed by atoms with Crippen LogP contribution in [0.2, 0.25) is 0 Å². The molecule has 1 atom stereocenters. The normalized spacial score (nSPS) is 19.2. The number of unbranched alkanes of at least 4 members (excludes halogenated alkanes) is 1. The van der Waals surface area contributed by atoms with E-state index in [1.54, 1.807) is 6.33 Å². The molecular formula is C12H22N6. The van der Waals surface area contributed by atoms with Crippen LogP contribution in [0.4, 0.5) is 11.9 Å². The molecule has 2 N–H and O–H groups in total. The van der Waals surface area contributed by atoms with E-state index in [0.717, 1.165) is 38.4 Å². The predicted molar refractivity (Wildman–Crippen MR) is 72.9 cm³/mol. The van der Waals surface area contributed by atoms with Gasteiger partial charge in [0.05, 0.1) is 0 Å². The number of nitrogens with zero attached hydrogens (tertiary/aromatic N) is 4. The lowest BCUT2D eigenvalue weighted by Crippen LogP contribution is -2.30. The Labute approximate surface area is 108 Å². The van der Waals surface area contributed by atoms with Crippen LogP contribution >= 0.6 is 0 Å². The molecule has 1 fully saturated rings. The smallest absolute Gasteiger partial charge is 0.230 e. The molecule has 0 aliphatic carbocycles. The summed E-state index contributed by atoms with van der Waals surface area (Å²) in [5.41, 5.74) is 0. The minimum Gasteiger partial charge on any atom is -0.354 e. The molecule has 0 bridgehead atoms. The van der Waals surface area contributed by atoms with E-state index in [2.05, 4.69) is 37.4 Å². The zero-order valence-corrected chi connectivity index (χ0v) is 11.2. The minimum atomic E-state index is 0.540. The summed E-state index contributed by atoms with van der Waals surface area (Å²) in [6.45, 7) is 5.06. The maximum absolute atomic E-state index is 4.46. The van der Waals surface area contributed by atoms with Crippen LogP contribution in [0, 0.1) is 0 Å². The van der Waals surface area contributed by atoms with Gasteiger partial charge in [-0.05, 0) is 19.9 Å². The summed E-state index contributed by atoms with van der Waals surface area (Å²) in [6.07, 6.45) is 5.03. The highest BCUT2D eigenvalue weighted by Crippen LogP contribution is 2.16. The molecule has 6 nitrogen and oxygen atoms in total. The van der Waals surface area contributed by atoms with Crippen LogP contribution in [-0.4, -0.2) is 47.7 Å². The Morgan fingerprint density at radius 1 is 1.44 bits per heavy atom. The molecule has 100 valence electrons. The molecule has 1 aromatic rings. The standard InChI is InChI=1S/C12H22N6/c1-3-4-6-14-11-15-9-16-12(17-11)18-7-5-10(8-18)13-2/h9-10,13H,3-8H2,1-2H3,(H,14,15,16,17)/t10-/m1/s1. The van der Waals surface area contributed by atoms with E-state index in [9.17, 15) is 0 Å². The number of nitrogens with one attached hydrogen (secondary N) is 2. The van der Waals surface area contributed by atoms with Gasteiger partial charge in [-0.15, -0.1) is 0 Å². The van der Waals surface area contributed by atoms with Crippen molar-refractivity contribution >= 4 is 11.9 Å². The molecule has 1 aliphatic rings. The maximum Gasteiger partial charge on any atom is 0.230 e. The zero-order valence-electron chi connectivity index (χ0n) is 11.2. The Bertz CT molecular complexity index is 369. The molecular weight excluding hydrogens is 228 g/mol. The summed E-state index contributed by atoms with van der Waals surface area (Å²) in [5, 5.41) is 6.52. The first-order valence-electron chi connectivity index (χ1n) is 6.68. The van der Waals surface area contributed by atoms with Crippen LogP contribution in [0.1, 0.15) is 26.2 Å². The maximum atomic E-state index is 4.46. The predicted octanol–water partition coefficient (Wildman–Crippen LogP) is 0.882. The monoisotopic (exact) mass is 250 g/mol. The summed E-state index contributed by atoms with van der Waals surface area (Å²) < 4.78 is 0. The molecule has 0 aromatic carbocycles. The lowest BCUT2D eigenvalue weighted by molar-refractivity contribution is 0.616. The van der Waals surface area contributed by atoms with Crippen LogP contribution in [0.25, 0.3) is 0 Å². The molecule has 0 spiro atoms. The number of likely N-dealkylation sites (N-methyl/N-ethyl adjacent to an activating group) is 1. The third kappa shape index (κ3) is 3.29. The lowest BCUT2D eigenvalue weighted by Gasteiger charge is -2.16. The number of hydrogen-bond acceptors (Lipinski definition) is 6. The summed E-state index contributed by atoms with van der Waals surface area (Å²) in [6, 6.07) is 0.540. The van der Waals surface area contributed by atoms with Crippen LogP contribution in [0.3, 0.4) is 0 Å². The van der Waals surface area contributed by atoms with E-state index in [4.69, 9.17) is 0 Å². The van der Waals surface area contributed by atoms with Crippen molar-refractivity contribution in [3.63, 3.8) is 0 Å². The number of aromatic nitrogens is 3. The van der Waals surface area contributed by atoms with E-state index in [1.165, 1.54) is 6.42 Å². The Balaban J connectivity index is 1.94. The Hall–Kier alpha value is -1.43. The molecule has 6 heteroatoms. The van der Waals surface area contributed by atoms with Gasteiger partial charge in [0.2, 0.25) is 11.9 Å². The topological polar surface area (TPSA) is 66.0 Å². The molecule has 1 saturated heterocycles. The van der Waals surface area contributed by atoms with Crippen molar-refractivity contribution in [1.82, 2.24) is 20.3 Å². The van der Waals surface area contributed by atoms with Crippen molar-refractivity contribution in [3.8, 4) is 0 Å². The Morgan fingerprint density at radius 3 is 3.06 bits per heavy atom. The summed E-state index contributed by atoms with van der Waals surface area (Å²) in [5.74, 6) is 1.46. The van der Waals surface area contributed by atoms with Gasteiger partial charge in [-0.2, -0.15) is 4.98 Å². The van der Waals surface area contributed by atoms with E-state index in [0.29, 0.717) is 12.0 Å². The first-order valence-corrected chi connectivity index (χ1v) is 6.68. The van der Waals surface area contributed by atoms with Crippen LogP contribution in [0.15, 0.2) is 6.33 Å². The molecule has 1 aliphatic heterocycles. The number of anilines is 2. The van der Waals surface area contributed by atoms with Gasteiger partial charge in [0.25, 0.3) is 0 Å². The molecule has 1 aromatic heterocycles. The van der Waals surface area contributed by atoms with Gasteiger partial charge >= 0.3 is 0 Å². The Morgan fingerprint density at radius 2 is 2.33 bits per heavy atom. The van der Waals surface area contributed by atoms with Crippen molar-refractivity contribution < 1.29 is 0 Å². The second-order valence-electron chi connectivity index (χ2n) is 4.61. The minimum absolute atomic E-state index is 0.540. The number of rotatable bonds is 6. The van der Waals surface area contributed by atoms with Gasteiger partial charge in [0, 0.05) is 25.7 Å². The van der Waals surface area contributed by atoms with E-state index >= 15 is 0 Å². The molecule has 0 saturated carbocycles. The molecule has 18 heavy (non-hydrogen) atoms. The van der Waals surface area contributed by atoms with Crippen LogP contribution < -0.4 is 15.5 Å². The van der Waals surface area contributed by atoms with Gasteiger partial charge in [-0.3, -0.25) is 0 Å². The average Bonchev–Trinajstić information content (AvgIpc) is 2.88. The van der Waals surface area contributed by atoms with Crippen molar-refractivity contribution in [1.29, 1.82) is 0 Å². The van der Waals surface area contributed by atoms with E-state index in [1.807, 2.05) is 7.05 Å². The van der Waals surface area contributed by atoms with Crippen molar-refractivity contribution in [2.24, 2.45) is 0 Å². The van der Waals surface area contributed by atoms with Gasteiger partial charge in [0.1, 0.15) is 6.33 Å². The van der Waals surface area contributed by atoms with Gasteiger partial charge in [-0.1, -0.05) is 13.3 Å². The first-order chi connectivity index (χ1) is 8.83. The first kappa shape index (κ1) is 13.0. The quantitative estimate of drug-likeness (QED) is 0.731. The zero-order chi connectivity index (χ0) is 12.8. The summed E-state index contributed by atoms with van der Waals surface area (Å²) in [7, 11) is 2.00. The molecule has 2 rings (SSSR count). The highest BCUT2D eigenvalue weighted by molar-refractivity contribution is 5.37. The van der Waals surface area contributed by atoms with Crippen molar-refractivity contribution in [3.05, 3.63) is 6.33 Å². The van der Waals surface area contributed by atoms with Gasteiger partial charge < -0.3 is 15.5 Å². The largest absolute Gasteiger partial charge is 0.354 e. The lowest BCUT2D eigenvalue weighted by atomic mass is 10.3. The fraction of sp³-hybridized carbons (Fsp3) is 0.750. The SMILES string of the molecule is CCCCNc1ncnc(N2CC[C@@H](NC)C2)n1. The number of hydrogen-bond donors (Lipinski definition) is 2. The average molecular weight is 250 g/mol. The Kier molecular flexibility index (Phi) is 4.69. The fourth-order valence-corrected chi connectivity index (χ4v) is 2.08. The van der Waals surface area contributed by atoms with Gasteiger partial charge in [-0.25, -0.2) is 9.97 Å². The molecule has 0 unspecified atom stereocenters. The van der Waals surface area contributed by atoms with E-state index < -0.39 is 0 Å². The second-order valence-corrected chi connectivity index (χ2v) is 4.61. The van der Waals surface area contributed by atoms with Crippen LogP contribution in [0.5, 0.6) is 0 Å².